The number of piperidine rings is 1. The van der Waals surface area contributed by atoms with E-state index in [1.807, 2.05) is 18.2 Å². The molecule has 2 heterocycles. The van der Waals surface area contributed by atoms with Crippen LogP contribution < -0.4 is 4.90 Å². The van der Waals surface area contributed by atoms with Crippen molar-refractivity contribution in [3.8, 4) is 0 Å². The number of carbonyl (C=O) groups excluding carboxylic acids is 1. The molecule has 0 aromatic heterocycles. The van der Waals surface area contributed by atoms with Gasteiger partial charge in [0, 0.05) is 19.6 Å². The lowest BCUT2D eigenvalue weighted by molar-refractivity contribution is -0.149. The maximum atomic E-state index is 13.1. The molecule has 1 aromatic carbocycles. The number of para-hydroxylation sites is 1. The first-order valence-electron chi connectivity index (χ1n) is 9.06. The lowest BCUT2D eigenvalue weighted by Gasteiger charge is -2.37. The summed E-state index contributed by atoms with van der Waals surface area (Å²) in [5.74, 6) is -0.461. The molecule has 25 heavy (non-hydrogen) atoms. The number of hydrogen-bond donors (Lipinski definition) is 1. The molecule has 3 aliphatic rings. The van der Waals surface area contributed by atoms with Crippen LogP contribution in [0.1, 0.15) is 32.1 Å². The molecule has 1 amide bonds. The van der Waals surface area contributed by atoms with Gasteiger partial charge in [-0.05, 0) is 43.7 Å². The Morgan fingerprint density at radius 1 is 1.24 bits per heavy atom. The van der Waals surface area contributed by atoms with Crippen LogP contribution >= 0.6 is 11.6 Å². The van der Waals surface area contributed by atoms with Crippen molar-refractivity contribution >= 4 is 29.2 Å². The number of halogens is 1. The van der Waals surface area contributed by atoms with Gasteiger partial charge in [0.05, 0.1) is 22.2 Å². The van der Waals surface area contributed by atoms with Gasteiger partial charge in [0.25, 0.3) is 0 Å². The van der Waals surface area contributed by atoms with E-state index in [0.29, 0.717) is 18.1 Å². The van der Waals surface area contributed by atoms with Crippen LogP contribution in [0.25, 0.3) is 0 Å². The van der Waals surface area contributed by atoms with Gasteiger partial charge >= 0.3 is 5.97 Å². The molecule has 4 rings (SSSR count). The van der Waals surface area contributed by atoms with E-state index in [1.54, 1.807) is 11.0 Å². The highest BCUT2D eigenvalue weighted by molar-refractivity contribution is 6.33. The first-order valence-corrected chi connectivity index (χ1v) is 9.44. The van der Waals surface area contributed by atoms with Crippen LogP contribution in [0.5, 0.6) is 0 Å². The molecule has 3 atom stereocenters. The fourth-order valence-electron chi connectivity index (χ4n) is 5.02. The number of anilines is 1. The first kappa shape index (κ1) is 16.9. The van der Waals surface area contributed by atoms with Gasteiger partial charge in [0.15, 0.2) is 0 Å². The first-order chi connectivity index (χ1) is 12.0. The third kappa shape index (κ3) is 2.64. The van der Waals surface area contributed by atoms with Crippen LogP contribution in [0.3, 0.4) is 0 Å². The zero-order valence-corrected chi connectivity index (χ0v) is 14.9. The van der Waals surface area contributed by atoms with Crippen LogP contribution in [-0.2, 0) is 9.59 Å². The minimum Gasteiger partial charge on any atom is -0.481 e. The van der Waals surface area contributed by atoms with Crippen molar-refractivity contribution < 1.29 is 14.7 Å². The Morgan fingerprint density at radius 2 is 2.04 bits per heavy atom. The Balaban J connectivity index is 1.57. The van der Waals surface area contributed by atoms with E-state index in [-0.39, 0.29) is 17.9 Å². The van der Waals surface area contributed by atoms with Crippen molar-refractivity contribution in [3.05, 3.63) is 29.3 Å². The van der Waals surface area contributed by atoms with Crippen molar-refractivity contribution in [1.82, 2.24) is 4.90 Å². The lowest BCUT2D eigenvalue weighted by Crippen LogP contribution is -2.52. The largest absolute Gasteiger partial charge is 0.481 e. The molecule has 1 saturated carbocycles. The number of benzene rings is 1. The van der Waals surface area contributed by atoms with Crippen LogP contribution in [0, 0.1) is 11.3 Å². The fraction of sp³-hybridized carbons (Fsp3) is 0.579. The van der Waals surface area contributed by atoms with Crippen molar-refractivity contribution in [3.63, 3.8) is 0 Å². The molecule has 134 valence electrons. The van der Waals surface area contributed by atoms with E-state index in [9.17, 15) is 14.7 Å². The molecular weight excluding hydrogens is 340 g/mol. The Bertz CT molecular complexity index is 710. The van der Waals surface area contributed by atoms with Crippen LogP contribution in [0.4, 0.5) is 5.69 Å². The number of amides is 1. The smallest absolute Gasteiger partial charge is 0.311 e. The second-order valence-electron chi connectivity index (χ2n) is 7.58. The summed E-state index contributed by atoms with van der Waals surface area (Å²) >= 11 is 6.29. The Kier molecular flexibility index (Phi) is 4.24. The Morgan fingerprint density at radius 3 is 2.76 bits per heavy atom. The van der Waals surface area contributed by atoms with E-state index >= 15 is 0 Å². The Labute approximate surface area is 152 Å². The van der Waals surface area contributed by atoms with E-state index in [4.69, 9.17) is 11.6 Å². The SMILES string of the molecule is O=C1C(N2C[C@@H]3CCC[C@@]3(C(=O)O)C2)CCCN1c1ccccc1Cl. The van der Waals surface area contributed by atoms with E-state index in [2.05, 4.69) is 4.90 Å². The maximum Gasteiger partial charge on any atom is 0.311 e. The molecule has 2 saturated heterocycles. The van der Waals surface area contributed by atoms with E-state index < -0.39 is 11.4 Å². The van der Waals surface area contributed by atoms with E-state index in [1.165, 1.54) is 0 Å². The van der Waals surface area contributed by atoms with Crippen molar-refractivity contribution in [1.29, 1.82) is 0 Å². The minimum absolute atomic E-state index is 0.0554. The number of rotatable bonds is 3. The number of carboxylic acids is 1. The fourth-order valence-corrected chi connectivity index (χ4v) is 5.26. The second-order valence-corrected chi connectivity index (χ2v) is 7.99. The second kappa shape index (κ2) is 6.29. The molecular formula is C19H23ClN2O3. The number of fused-ring (bicyclic) bond motifs is 1. The van der Waals surface area contributed by atoms with Crippen molar-refractivity contribution in [2.45, 2.75) is 38.1 Å². The van der Waals surface area contributed by atoms with Gasteiger partial charge in [-0.25, -0.2) is 0 Å². The molecule has 5 nitrogen and oxygen atoms in total. The molecule has 0 bridgehead atoms. The molecule has 2 aliphatic heterocycles. The van der Waals surface area contributed by atoms with Gasteiger partial charge in [0.1, 0.15) is 0 Å². The number of carbonyl (C=O) groups is 2. The van der Waals surface area contributed by atoms with Gasteiger partial charge in [-0.3, -0.25) is 14.5 Å². The molecule has 1 aromatic rings. The lowest BCUT2D eigenvalue weighted by atomic mass is 9.81. The molecule has 6 heteroatoms. The molecule has 3 fully saturated rings. The molecule has 0 radical (unpaired) electrons. The molecule has 1 aliphatic carbocycles. The average Bonchev–Trinajstić information content (AvgIpc) is 3.14. The predicted molar refractivity (Wildman–Crippen MR) is 95.8 cm³/mol. The number of aliphatic carboxylic acids is 1. The summed E-state index contributed by atoms with van der Waals surface area (Å²) in [4.78, 5) is 28.9. The van der Waals surface area contributed by atoms with Crippen molar-refractivity contribution in [2.24, 2.45) is 11.3 Å². The summed E-state index contributed by atoms with van der Waals surface area (Å²) in [7, 11) is 0. The number of likely N-dealkylation sites (tertiary alicyclic amines) is 1. The van der Waals surface area contributed by atoms with Gasteiger partial charge in [-0.2, -0.15) is 0 Å². The maximum absolute atomic E-state index is 13.1. The zero-order valence-electron chi connectivity index (χ0n) is 14.2. The number of carboxylic acid groups (broad SMARTS) is 1. The van der Waals surface area contributed by atoms with Gasteiger partial charge < -0.3 is 10.0 Å². The predicted octanol–water partition coefficient (Wildman–Crippen LogP) is 3.02. The summed E-state index contributed by atoms with van der Waals surface area (Å²) in [6, 6.07) is 7.19. The van der Waals surface area contributed by atoms with Gasteiger partial charge in [-0.1, -0.05) is 30.2 Å². The quantitative estimate of drug-likeness (QED) is 0.897. The summed E-state index contributed by atoms with van der Waals surface area (Å²) in [5.41, 5.74) is 0.110. The monoisotopic (exact) mass is 362 g/mol. The summed E-state index contributed by atoms with van der Waals surface area (Å²) in [6.45, 7) is 1.89. The third-order valence-electron chi connectivity index (χ3n) is 6.32. The highest BCUT2D eigenvalue weighted by atomic mass is 35.5. The zero-order chi connectivity index (χ0) is 17.6. The number of hydrogen-bond acceptors (Lipinski definition) is 3. The van der Waals surface area contributed by atoms with Crippen LogP contribution in [0.2, 0.25) is 5.02 Å². The highest BCUT2D eigenvalue weighted by Crippen LogP contribution is 2.50. The number of nitrogens with zero attached hydrogens (tertiary/aromatic N) is 2. The highest BCUT2D eigenvalue weighted by Gasteiger charge is 2.56. The average molecular weight is 363 g/mol. The Hall–Kier alpha value is -1.59. The topological polar surface area (TPSA) is 60.9 Å². The van der Waals surface area contributed by atoms with Crippen LogP contribution in [0.15, 0.2) is 24.3 Å². The molecule has 1 N–H and O–H groups in total. The van der Waals surface area contributed by atoms with Gasteiger partial charge in [-0.15, -0.1) is 0 Å². The van der Waals surface area contributed by atoms with E-state index in [0.717, 1.165) is 44.3 Å². The summed E-state index contributed by atoms with van der Waals surface area (Å²) in [5, 5.41) is 10.4. The normalized spacial score (nSPS) is 32.8. The summed E-state index contributed by atoms with van der Waals surface area (Å²) < 4.78 is 0. The summed E-state index contributed by atoms with van der Waals surface area (Å²) in [6.07, 6.45) is 4.37. The standard InChI is InChI=1S/C19H23ClN2O3/c20-14-6-1-2-7-15(14)22-10-4-8-16(17(22)23)21-11-13-5-3-9-19(13,12-21)18(24)25/h1-2,6-7,13,16H,3-5,8-12H2,(H,24,25)/t13-,16?,19+/m0/s1. The van der Waals surface area contributed by atoms with Gasteiger partial charge in [0.2, 0.25) is 5.91 Å². The van der Waals surface area contributed by atoms with Crippen molar-refractivity contribution in [2.75, 3.05) is 24.5 Å². The molecule has 1 unspecified atom stereocenters. The van der Waals surface area contributed by atoms with Crippen LogP contribution in [-0.4, -0.2) is 47.6 Å². The minimum atomic E-state index is -0.691. The third-order valence-corrected chi connectivity index (χ3v) is 6.64. The molecule has 0 spiro atoms.